The highest BCUT2D eigenvalue weighted by Gasteiger charge is 2.32. The normalized spacial score (nSPS) is 17.2. The van der Waals surface area contributed by atoms with Gasteiger partial charge in [0.1, 0.15) is 17.1 Å². The van der Waals surface area contributed by atoms with E-state index in [-0.39, 0.29) is 11.9 Å². The van der Waals surface area contributed by atoms with Gasteiger partial charge in [-0.05, 0) is 42.7 Å². The van der Waals surface area contributed by atoms with Gasteiger partial charge in [0.05, 0.1) is 18.2 Å². The minimum atomic E-state index is -0.0508. The molecular formula is C19H18ClN3O2. The Morgan fingerprint density at radius 1 is 1.28 bits per heavy atom. The number of halogens is 1. The van der Waals surface area contributed by atoms with Crippen LogP contribution < -0.4 is 4.74 Å². The van der Waals surface area contributed by atoms with Crippen molar-refractivity contribution < 1.29 is 9.53 Å². The van der Waals surface area contributed by atoms with E-state index in [0.717, 1.165) is 30.7 Å². The lowest BCUT2D eigenvalue weighted by molar-refractivity contribution is 0.0730. The molecule has 2 aromatic heterocycles. The van der Waals surface area contributed by atoms with Crippen molar-refractivity contribution in [1.82, 2.24) is 14.3 Å². The van der Waals surface area contributed by atoms with E-state index in [9.17, 15) is 4.79 Å². The molecule has 0 aliphatic carbocycles. The van der Waals surface area contributed by atoms with Crippen LogP contribution in [-0.2, 0) is 0 Å². The van der Waals surface area contributed by atoms with Crippen LogP contribution in [0.15, 0.2) is 48.8 Å². The van der Waals surface area contributed by atoms with Gasteiger partial charge in [-0.3, -0.25) is 4.79 Å². The number of aromatic nitrogens is 2. The van der Waals surface area contributed by atoms with Crippen molar-refractivity contribution in [3.63, 3.8) is 0 Å². The highest BCUT2D eigenvalue weighted by molar-refractivity contribution is 6.30. The first-order valence-corrected chi connectivity index (χ1v) is 8.63. The SMILES string of the molecule is COc1cccc([C@@H]2CCCN2C(=O)c2cn3cc(Cl)ccc3n2)c1. The summed E-state index contributed by atoms with van der Waals surface area (Å²) in [6, 6.07) is 11.5. The molecular weight excluding hydrogens is 338 g/mol. The number of likely N-dealkylation sites (tertiary alicyclic amines) is 1. The number of carbonyl (C=O) groups is 1. The van der Waals surface area contributed by atoms with Crippen molar-refractivity contribution in [2.75, 3.05) is 13.7 Å². The number of methoxy groups -OCH3 is 1. The lowest BCUT2D eigenvalue weighted by Crippen LogP contribution is -2.30. The van der Waals surface area contributed by atoms with E-state index < -0.39 is 0 Å². The molecule has 4 rings (SSSR count). The molecule has 1 aliphatic rings. The van der Waals surface area contributed by atoms with E-state index in [2.05, 4.69) is 4.98 Å². The summed E-state index contributed by atoms with van der Waals surface area (Å²) in [5.74, 6) is 0.754. The second-order valence-corrected chi connectivity index (χ2v) is 6.61. The van der Waals surface area contributed by atoms with Gasteiger partial charge in [-0.2, -0.15) is 0 Å². The van der Waals surface area contributed by atoms with Crippen molar-refractivity contribution in [2.24, 2.45) is 0 Å². The van der Waals surface area contributed by atoms with E-state index in [1.165, 1.54) is 0 Å². The van der Waals surface area contributed by atoms with Gasteiger partial charge in [-0.25, -0.2) is 4.98 Å². The second-order valence-electron chi connectivity index (χ2n) is 6.17. The number of imidazole rings is 1. The van der Waals surface area contributed by atoms with Crippen molar-refractivity contribution in [1.29, 1.82) is 0 Å². The summed E-state index contributed by atoms with van der Waals surface area (Å²) in [5.41, 5.74) is 2.25. The van der Waals surface area contributed by atoms with Crippen LogP contribution in [0.4, 0.5) is 0 Å². The molecule has 6 heteroatoms. The average molecular weight is 356 g/mol. The van der Waals surface area contributed by atoms with Gasteiger partial charge in [-0.1, -0.05) is 23.7 Å². The van der Waals surface area contributed by atoms with Crippen LogP contribution in [0, 0.1) is 0 Å². The maximum Gasteiger partial charge on any atom is 0.274 e. The first kappa shape index (κ1) is 16.0. The molecule has 1 fully saturated rings. The fourth-order valence-electron chi connectivity index (χ4n) is 3.42. The molecule has 1 amide bonds. The predicted octanol–water partition coefficient (Wildman–Crippen LogP) is 3.97. The zero-order valence-corrected chi connectivity index (χ0v) is 14.6. The Morgan fingerprint density at radius 3 is 3.00 bits per heavy atom. The summed E-state index contributed by atoms with van der Waals surface area (Å²) in [6.07, 6.45) is 5.42. The van der Waals surface area contributed by atoms with Gasteiger partial charge in [0, 0.05) is 18.9 Å². The molecule has 0 N–H and O–H groups in total. The molecule has 0 saturated carbocycles. The van der Waals surface area contributed by atoms with Crippen LogP contribution in [0.5, 0.6) is 5.75 Å². The van der Waals surface area contributed by atoms with Crippen LogP contribution in [-0.4, -0.2) is 33.8 Å². The first-order valence-electron chi connectivity index (χ1n) is 8.25. The molecule has 0 spiro atoms. The van der Waals surface area contributed by atoms with Crippen LogP contribution >= 0.6 is 11.6 Å². The minimum absolute atomic E-state index is 0.0508. The molecule has 0 radical (unpaired) electrons. The third-order valence-electron chi connectivity index (χ3n) is 4.63. The molecule has 25 heavy (non-hydrogen) atoms. The first-order chi connectivity index (χ1) is 12.2. The lowest BCUT2D eigenvalue weighted by Gasteiger charge is -2.24. The number of amides is 1. The number of hydrogen-bond acceptors (Lipinski definition) is 3. The Labute approximate surface area is 150 Å². The van der Waals surface area contributed by atoms with Crippen LogP contribution in [0.2, 0.25) is 5.02 Å². The Balaban J connectivity index is 1.65. The standard InChI is InChI=1S/C19H18ClN3O2/c1-25-15-5-2-4-13(10-15)17-6-3-9-23(17)19(24)16-12-22-11-14(20)7-8-18(22)21-16/h2,4-5,7-8,10-12,17H,3,6,9H2,1H3/t17-/m0/s1. The Bertz CT molecular complexity index is 937. The Hall–Kier alpha value is -2.53. The van der Waals surface area contributed by atoms with Crippen molar-refractivity contribution in [3.05, 3.63) is 65.1 Å². The molecule has 1 aliphatic heterocycles. The number of pyridine rings is 1. The molecule has 3 heterocycles. The maximum absolute atomic E-state index is 13.0. The summed E-state index contributed by atoms with van der Waals surface area (Å²) in [4.78, 5) is 19.4. The zero-order chi connectivity index (χ0) is 17.4. The predicted molar refractivity (Wildman–Crippen MR) is 96.2 cm³/mol. The van der Waals surface area contributed by atoms with E-state index >= 15 is 0 Å². The maximum atomic E-state index is 13.0. The number of rotatable bonds is 3. The fraction of sp³-hybridized carbons (Fsp3) is 0.263. The number of nitrogens with zero attached hydrogens (tertiary/aromatic N) is 3. The van der Waals surface area contributed by atoms with Crippen molar-refractivity contribution in [2.45, 2.75) is 18.9 Å². The van der Waals surface area contributed by atoms with Gasteiger partial charge >= 0.3 is 0 Å². The summed E-state index contributed by atoms with van der Waals surface area (Å²) in [7, 11) is 1.65. The smallest absolute Gasteiger partial charge is 0.274 e. The molecule has 0 unspecified atom stereocenters. The summed E-state index contributed by atoms with van der Waals surface area (Å²) < 4.78 is 7.10. The van der Waals surface area contributed by atoms with Crippen molar-refractivity contribution >= 4 is 23.2 Å². The van der Waals surface area contributed by atoms with E-state index in [1.54, 1.807) is 30.0 Å². The quantitative estimate of drug-likeness (QED) is 0.714. The van der Waals surface area contributed by atoms with Crippen molar-refractivity contribution in [3.8, 4) is 5.75 Å². The number of benzene rings is 1. The molecule has 1 aromatic carbocycles. The van der Waals surface area contributed by atoms with Gasteiger partial charge < -0.3 is 14.0 Å². The minimum Gasteiger partial charge on any atom is -0.497 e. The molecule has 0 bridgehead atoms. The van der Waals surface area contributed by atoms with Gasteiger partial charge in [-0.15, -0.1) is 0 Å². The lowest BCUT2D eigenvalue weighted by atomic mass is 10.0. The van der Waals surface area contributed by atoms with Crippen LogP contribution in [0.25, 0.3) is 5.65 Å². The highest BCUT2D eigenvalue weighted by Crippen LogP contribution is 2.34. The zero-order valence-electron chi connectivity index (χ0n) is 13.9. The van der Waals surface area contributed by atoms with Crippen LogP contribution in [0.1, 0.15) is 34.9 Å². The molecule has 1 atom stereocenters. The van der Waals surface area contributed by atoms with Gasteiger partial charge in [0.15, 0.2) is 0 Å². The van der Waals surface area contributed by atoms with Gasteiger partial charge in [0.25, 0.3) is 5.91 Å². The Kier molecular flexibility index (Phi) is 4.09. The molecule has 3 aromatic rings. The molecule has 128 valence electrons. The summed E-state index contributed by atoms with van der Waals surface area (Å²) >= 11 is 6.01. The number of fused-ring (bicyclic) bond motifs is 1. The summed E-state index contributed by atoms with van der Waals surface area (Å²) in [5, 5.41) is 0.610. The molecule has 5 nitrogen and oxygen atoms in total. The largest absolute Gasteiger partial charge is 0.497 e. The third-order valence-corrected chi connectivity index (χ3v) is 4.85. The third kappa shape index (κ3) is 2.96. The molecule has 1 saturated heterocycles. The fourth-order valence-corrected chi connectivity index (χ4v) is 3.59. The second kappa shape index (κ2) is 6.41. The average Bonchev–Trinajstić information content (AvgIpc) is 3.27. The number of hydrogen-bond donors (Lipinski definition) is 0. The van der Waals surface area contributed by atoms with E-state index in [0.29, 0.717) is 16.4 Å². The number of carbonyl (C=O) groups excluding carboxylic acids is 1. The highest BCUT2D eigenvalue weighted by atomic mass is 35.5. The monoisotopic (exact) mass is 355 g/mol. The summed E-state index contributed by atoms with van der Waals surface area (Å²) in [6.45, 7) is 0.731. The van der Waals surface area contributed by atoms with E-state index in [4.69, 9.17) is 16.3 Å². The van der Waals surface area contributed by atoms with E-state index in [1.807, 2.05) is 35.2 Å². The van der Waals surface area contributed by atoms with Crippen LogP contribution in [0.3, 0.4) is 0 Å². The Morgan fingerprint density at radius 2 is 2.16 bits per heavy atom. The van der Waals surface area contributed by atoms with Gasteiger partial charge in [0.2, 0.25) is 0 Å². The number of ether oxygens (including phenoxy) is 1. The topological polar surface area (TPSA) is 46.8 Å².